The second-order valence-corrected chi connectivity index (χ2v) is 37.1. The molecule has 0 spiro atoms. The number of ether oxygens (including phenoxy) is 6. The molecule has 12 heterocycles. The Balaban J connectivity index is 0.542. The number of hydrogen-bond donors (Lipinski definition) is 7. The molecule has 5 fully saturated rings. The number of nitrogen functional groups attached to an aromatic ring is 2. The smallest absolute Gasteiger partial charge is 0.329 e. The Labute approximate surface area is 772 Å². The number of rotatable bonds is 20. The van der Waals surface area contributed by atoms with E-state index in [9.17, 15) is 48.9 Å². The van der Waals surface area contributed by atoms with Gasteiger partial charge in [0.15, 0.2) is 22.6 Å². The molecular weight excluding hydrogens is 1710 g/mol. The molecule has 1 saturated carbocycles. The number of nitrogens with one attached hydrogen (secondary N) is 1. The number of piperidine rings is 1. The number of amides is 4. The van der Waals surface area contributed by atoms with Gasteiger partial charge in [0.25, 0.3) is 29.5 Å². The molecule has 2 aromatic carbocycles. The van der Waals surface area contributed by atoms with Crippen molar-refractivity contribution < 1.29 is 86.5 Å². The molecule has 7 aromatic rings. The van der Waals surface area contributed by atoms with Crippen LogP contribution in [0.5, 0.6) is 0 Å². The molecule has 0 radical (unpaired) electrons. The second kappa shape index (κ2) is 42.5. The highest BCUT2D eigenvalue weighted by Crippen LogP contribution is 2.40. The zero-order chi connectivity index (χ0) is 94.1. The van der Waals surface area contributed by atoms with Crippen molar-refractivity contribution in [2.75, 3.05) is 121 Å². The van der Waals surface area contributed by atoms with Crippen molar-refractivity contribution in [2.24, 2.45) is 35.3 Å². The molecule has 8 aliphatic rings. The Morgan fingerprint density at radius 3 is 2.23 bits per heavy atom. The lowest BCUT2D eigenvalue weighted by atomic mass is 9.80. The van der Waals surface area contributed by atoms with Crippen LogP contribution in [-0.4, -0.2) is 292 Å². The number of aliphatic hydroxyl groups is 3. The summed E-state index contributed by atoms with van der Waals surface area (Å²) < 4.78 is 44.6. The van der Waals surface area contributed by atoms with Gasteiger partial charge in [0.2, 0.25) is 23.6 Å². The van der Waals surface area contributed by atoms with Crippen LogP contribution in [0.25, 0.3) is 33.4 Å². The summed E-state index contributed by atoms with van der Waals surface area (Å²) in [5, 5.41) is 44.1. The number of Topliss-reactive ketones (excluding diaryl/α,β-unsaturated/α-hetero) is 3. The number of cyclic esters (lactones) is 1. The molecule has 4 bridgehead atoms. The summed E-state index contributed by atoms with van der Waals surface area (Å²) in [6.07, 6.45) is 14.5. The number of hydrogen-bond acceptors (Lipinski definition) is 32. The molecule has 15 rings (SSSR count). The van der Waals surface area contributed by atoms with E-state index in [1.807, 2.05) is 44.5 Å². The number of carbonyl (C=O) groups is 8. The second-order valence-electron chi connectivity index (χ2n) is 37.1. The van der Waals surface area contributed by atoms with Crippen LogP contribution in [0.15, 0.2) is 120 Å². The Kier molecular flexibility index (Phi) is 30.8. The Bertz CT molecular complexity index is 5500. The highest BCUT2D eigenvalue weighted by molar-refractivity contribution is 6.39. The standard InChI is InChI=1S/C96H125N19O18/c1-56-22-26-95(25-11-12-57(2)76(127-7)46-69-19-14-61(6)96(126,132-69)85(121)89(123)114-27-10-9-13-72(114)90(124)130-77(70(97)43-62-16-20-73(116)78(44-62)128-8)47-74(117)58(3)41-60(5)84(133-95)83(120)82(119)59(4)40-56)91(125)100-48-64-49-101-93(102-50-64)112-35-33-110(34-36-112)79(118)24-38-129-39-37-109-29-31-111(32-30-109)94-103-51-68(52-104-94)88(122)113-28-23-65-42-63(15-17-67(65)54-113)53-115-87-80(86(98)105-55-106-87)81(108-115)66-18-21-75-71(45-66)107-92(99)131-75/h11-12,15,17-18,21-22,25-26,41-42,45,49-52,55-56,58-59,61-62,69-70,72-73,76-78,83-84,116,120,126H,9-10,13-14,16,19-20,23-24,27-40,43-44,46-48,53-54,97H2,1-8H3,(H2,99,107)(H,100,125)(H2,98,105,106)/b25-11+,26-22+,57-12?,60-41+/t56-,58-,59-,61-,62+,69+,70-,72+,73-,76+,77+,78-,83+,84-,95?,96-/m1/s1. The number of ketones is 3. The minimum Gasteiger partial charge on any atom is -0.459 e. The van der Waals surface area contributed by atoms with Crippen LogP contribution in [0.1, 0.15) is 158 Å². The normalized spacial score (nSPS) is 28.9. The third-order valence-electron chi connectivity index (χ3n) is 27.7. The van der Waals surface area contributed by atoms with Gasteiger partial charge in [-0.1, -0.05) is 70.2 Å². The largest absolute Gasteiger partial charge is 0.459 e. The zero-order valence-electron chi connectivity index (χ0n) is 77.0. The molecule has 133 heavy (non-hydrogen) atoms. The third-order valence-corrected chi connectivity index (χ3v) is 27.7. The molecule has 7 aliphatic heterocycles. The van der Waals surface area contributed by atoms with Gasteiger partial charge in [-0.15, -0.1) is 0 Å². The van der Waals surface area contributed by atoms with Crippen molar-refractivity contribution in [1.82, 2.24) is 69.6 Å². The Morgan fingerprint density at radius 2 is 1.49 bits per heavy atom. The number of aromatic nitrogens is 9. The van der Waals surface area contributed by atoms with Gasteiger partial charge in [-0.2, -0.15) is 10.1 Å². The first-order valence-electron chi connectivity index (χ1n) is 46.6. The van der Waals surface area contributed by atoms with Crippen LogP contribution < -0.4 is 32.3 Å². The fourth-order valence-corrected chi connectivity index (χ4v) is 19.6. The van der Waals surface area contributed by atoms with Crippen LogP contribution in [0.4, 0.5) is 23.7 Å². The summed E-state index contributed by atoms with van der Waals surface area (Å²) in [4.78, 5) is 159. The lowest BCUT2D eigenvalue weighted by molar-refractivity contribution is -0.265. The van der Waals surface area contributed by atoms with Crippen molar-refractivity contribution in [3.63, 3.8) is 0 Å². The molecule has 5 aromatic heterocycles. The molecule has 37 heteroatoms. The fraction of sp³-hybridized carbons (Fsp3) is 0.562. The number of anilines is 4. The Hall–Kier alpha value is -11.3. The summed E-state index contributed by atoms with van der Waals surface area (Å²) in [5.41, 5.74) is 25.3. The van der Waals surface area contributed by atoms with E-state index in [1.54, 1.807) is 95.9 Å². The van der Waals surface area contributed by atoms with Gasteiger partial charge in [-0.25, -0.2) is 39.4 Å². The summed E-state index contributed by atoms with van der Waals surface area (Å²) in [7, 11) is 3.01. The van der Waals surface area contributed by atoms with E-state index in [-0.39, 0.29) is 87.0 Å². The monoisotopic (exact) mass is 1830 g/mol. The predicted octanol–water partition coefficient (Wildman–Crippen LogP) is 6.13. The van der Waals surface area contributed by atoms with Gasteiger partial charge >= 0.3 is 5.97 Å². The number of fused-ring (bicyclic) bond motifs is 8. The lowest BCUT2D eigenvalue weighted by Gasteiger charge is -2.42. The van der Waals surface area contributed by atoms with E-state index in [0.29, 0.717) is 186 Å². The van der Waals surface area contributed by atoms with Crippen molar-refractivity contribution in [3.8, 4) is 11.3 Å². The number of benzene rings is 2. The Morgan fingerprint density at radius 1 is 0.744 bits per heavy atom. The van der Waals surface area contributed by atoms with Crippen molar-refractivity contribution >= 4 is 92.8 Å². The molecule has 16 atom stereocenters. The first-order valence-corrected chi connectivity index (χ1v) is 46.6. The molecule has 1 aliphatic carbocycles. The van der Waals surface area contributed by atoms with Gasteiger partial charge in [0.05, 0.1) is 61.5 Å². The molecule has 10 N–H and O–H groups in total. The number of nitrogens with zero attached hydrogens (tertiary/aromatic N) is 15. The first kappa shape index (κ1) is 96.3. The SMILES string of the molecule is CO[C@H]1C[C@@H]2CC[C@@H](C)[C@@](O)(O2)C(=O)C(=O)N2CCCC[C@H]2C(=O)O[C@H]([C@H](N)C[C@@H]2CC[C@@H](O)[C@H](OC)C2)CC(=O)[C@H](C)/C=C(\C)[C@H]2OC(C(=O)NCc3cnc(N4CCN(C(=O)CCOCCN5CCN(c6ncc(C(=O)N7CCc8cc(Cn9nc(-c%10ccc%11oc(N)nc%11c%10)c%10c(N)ncnc%109)ccc8C7)cn6)CC5)CC4)nc3)(/C=C/C=C1C)/C=C/[C@@H](C)C[C@@H](C)C(=O)[C@@H]2O. The van der Waals surface area contributed by atoms with Crippen LogP contribution in [0.2, 0.25) is 0 Å². The van der Waals surface area contributed by atoms with E-state index in [2.05, 4.69) is 52.2 Å². The topological polar surface area (TPSA) is 483 Å². The zero-order valence-corrected chi connectivity index (χ0v) is 77.0. The fourth-order valence-electron chi connectivity index (χ4n) is 19.6. The third kappa shape index (κ3) is 22.2. The molecule has 4 saturated heterocycles. The van der Waals surface area contributed by atoms with Crippen LogP contribution in [-0.2, 0) is 88.0 Å². The van der Waals surface area contributed by atoms with E-state index < -0.39 is 126 Å². The lowest BCUT2D eigenvalue weighted by Crippen LogP contribution is -2.61. The highest BCUT2D eigenvalue weighted by atomic mass is 16.6. The number of methoxy groups -OCH3 is 2. The highest BCUT2D eigenvalue weighted by Gasteiger charge is 2.54. The molecule has 712 valence electrons. The van der Waals surface area contributed by atoms with E-state index in [0.717, 1.165) is 40.2 Å². The van der Waals surface area contributed by atoms with Crippen molar-refractivity contribution in [1.29, 1.82) is 0 Å². The van der Waals surface area contributed by atoms with Crippen LogP contribution in [0.3, 0.4) is 0 Å². The van der Waals surface area contributed by atoms with Crippen molar-refractivity contribution in [3.05, 3.63) is 143 Å². The number of oxazole rings is 1. The number of allylic oxidation sites excluding steroid dienone is 4. The van der Waals surface area contributed by atoms with Gasteiger partial charge in [-0.05, 0) is 155 Å². The first-order chi connectivity index (χ1) is 63.9. The summed E-state index contributed by atoms with van der Waals surface area (Å²) >= 11 is 0. The number of aliphatic hydroxyl groups excluding tert-OH is 2. The maximum atomic E-state index is 15.6. The van der Waals surface area contributed by atoms with E-state index in [1.165, 1.54) is 26.6 Å². The minimum atomic E-state index is -2.58. The van der Waals surface area contributed by atoms with Crippen molar-refractivity contribution in [2.45, 2.75) is 217 Å². The maximum Gasteiger partial charge on any atom is 0.329 e. The minimum absolute atomic E-state index is 0.00111. The number of nitrogens with two attached hydrogens (primary N) is 3. The molecular formula is C96H125N19O18. The predicted molar refractivity (Wildman–Crippen MR) is 491 cm³/mol. The van der Waals surface area contributed by atoms with Crippen LogP contribution >= 0.6 is 0 Å². The van der Waals surface area contributed by atoms with Gasteiger partial charge in [0, 0.05) is 172 Å². The van der Waals surface area contributed by atoms with Crippen LogP contribution in [0, 0.1) is 29.6 Å². The van der Waals surface area contributed by atoms with Gasteiger partial charge in [0.1, 0.15) is 53.5 Å². The summed E-state index contributed by atoms with van der Waals surface area (Å²) in [5.74, 6) is -9.35. The maximum absolute atomic E-state index is 15.6. The van der Waals surface area contributed by atoms with Gasteiger partial charge < -0.3 is 95.2 Å². The average molecular weight is 1830 g/mol. The molecule has 4 amide bonds. The number of piperazine rings is 2. The average Bonchev–Trinajstić information content (AvgIpc) is 1.60. The number of carbonyl (C=O) groups excluding carboxylic acids is 8. The summed E-state index contributed by atoms with van der Waals surface area (Å²) in [6, 6.07) is 9.63. The molecule has 37 nitrogen and oxygen atoms in total. The van der Waals surface area contributed by atoms with E-state index in [4.69, 9.17) is 65.1 Å². The quantitative estimate of drug-likeness (QED) is 0.0195. The number of esters is 1. The molecule has 1 unspecified atom stereocenters. The van der Waals surface area contributed by atoms with Gasteiger partial charge in [-0.3, -0.25) is 38.5 Å². The summed E-state index contributed by atoms with van der Waals surface area (Å²) in [6.45, 7) is 17.6. The van der Waals surface area contributed by atoms with E-state index >= 15 is 4.79 Å².